The number of halogens is 1. The summed E-state index contributed by atoms with van der Waals surface area (Å²) in [7, 11) is 0. The predicted molar refractivity (Wildman–Crippen MR) is 64.1 cm³/mol. The smallest absolute Gasteiger partial charge is 0.263 e. The monoisotopic (exact) mass is 250 g/mol. The molecule has 0 aliphatic heterocycles. The summed E-state index contributed by atoms with van der Waals surface area (Å²) in [5.41, 5.74) is 2.92. The van der Waals surface area contributed by atoms with E-state index in [4.69, 9.17) is 17.4 Å². The van der Waals surface area contributed by atoms with Gasteiger partial charge in [-0.05, 0) is 5.56 Å². The van der Waals surface area contributed by atoms with Gasteiger partial charge in [-0.25, -0.2) is 5.84 Å². The molecule has 1 heterocycles. The molecular weight excluding hydrogens is 240 g/mol. The molecule has 6 heteroatoms. The molecule has 3 N–H and O–H groups in total. The van der Waals surface area contributed by atoms with Gasteiger partial charge in [0.2, 0.25) is 0 Å². The molecule has 0 fully saturated rings. The van der Waals surface area contributed by atoms with Crippen molar-refractivity contribution in [2.75, 3.05) is 0 Å². The van der Waals surface area contributed by atoms with Crippen molar-refractivity contribution in [2.24, 2.45) is 5.84 Å². The molecule has 1 atom stereocenters. The summed E-state index contributed by atoms with van der Waals surface area (Å²) in [5.74, 6) is 4.83. The van der Waals surface area contributed by atoms with Crippen LogP contribution >= 0.6 is 11.6 Å². The molecule has 1 unspecified atom stereocenters. The minimum absolute atomic E-state index is 0.351. The second kappa shape index (κ2) is 4.99. The average Bonchev–Trinajstić information content (AvgIpc) is 2.77. The highest BCUT2D eigenvalue weighted by molar-refractivity contribution is 6.30. The number of aromatic nitrogens is 2. The van der Waals surface area contributed by atoms with E-state index in [0.717, 1.165) is 5.56 Å². The second-order valence-electron chi connectivity index (χ2n) is 3.46. The molecule has 0 aliphatic rings. The number of benzene rings is 1. The first kappa shape index (κ1) is 11.6. The molecule has 0 saturated carbocycles. The third-order valence-electron chi connectivity index (χ3n) is 2.34. The fraction of sp³-hybridized carbons (Fsp3) is 0.0909. The summed E-state index contributed by atoms with van der Waals surface area (Å²) in [5, 5.41) is 4.50. The van der Waals surface area contributed by atoms with Gasteiger partial charge in [0.1, 0.15) is 0 Å². The Labute approximate surface area is 103 Å². The van der Waals surface area contributed by atoms with Crippen LogP contribution < -0.4 is 11.3 Å². The van der Waals surface area contributed by atoms with Crippen molar-refractivity contribution in [1.82, 2.24) is 15.2 Å². The Morgan fingerprint density at radius 2 is 2.12 bits per heavy atom. The molecule has 0 saturated heterocycles. The lowest BCUT2D eigenvalue weighted by molar-refractivity contribution is -0.123. The van der Waals surface area contributed by atoms with E-state index in [2.05, 4.69) is 10.5 Å². The number of amides is 1. The van der Waals surface area contributed by atoms with E-state index in [0.29, 0.717) is 5.02 Å². The zero-order valence-electron chi connectivity index (χ0n) is 8.88. The number of nitrogens with one attached hydrogen (secondary N) is 1. The van der Waals surface area contributed by atoms with Gasteiger partial charge in [0, 0.05) is 6.20 Å². The number of carbonyl (C=O) groups is 1. The van der Waals surface area contributed by atoms with Crippen LogP contribution in [0.25, 0.3) is 0 Å². The fourth-order valence-corrected chi connectivity index (χ4v) is 1.74. The summed E-state index contributed by atoms with van der Waals surface area (Å²) in [4.78, 5) is 11.8. The lowest BCUT2D eigenvalue weighted by Gasteiger charge is -2.15. The summed E-state index contributed by atoms with van der Waals surface area (Å²) in [6, 6.07) is 8.60. The molecule has 0 bridgehead atoms. The van der Waals surface area contributed by atoms with E-state index in [-0.39, 0.29) is 5.91 Å². The van der Waals surface area contributed by atoms with Crippen molar-refractivity contribution in [1.29, 1.82) is 0 Å². The van der Waals surface area contributed by atoms with Gasteiger partial charge in [-0.1, -0.05) is 41.9 Å². The van der Waals surface area contributed by atoms with E-state index in [1.807, 2.05) is 30.3 Å². The predicted octanol–water partition coefficient (Wildman–Crippen LogP) is 1.12. The Balaban J connectivity index is 2.42. The molecule has 2 rings (SSSR count). The zero-order chi connectivity index (χ0) is 12.3. The number of carbonyl (C=O) groups excluding carboxylic acids is 1. The first-order valence-corrected chi connectivity index (χ1v) is 5.35. The van der Waals surface area contributed by atoms with Crippen molar-refractivity contribution in [3.05, 3.63) is 53.3 Å². The summed E-state index contributed by atoms with van der Waals surface area (Å²) >= 11 is 5.79. The van der Waals surface area contributed by atoms with E-state index in [9.17, 15) is 4.79 Å². The lowest BCUT2D eigenvalue weighted by atomic mass is 10.1. The van der Waals surface area contributed by atoms with Gasteiger partial charge in [0.25, 0.3) is 5.91 Å². The minimum Gasteiger partial charge on any atom is -0.292 e. The number of hydrazine groups is 1. The van der Waals surface area contributed by atoms with Gasteiger partial charge in [-0.3, -0.25) is 14.9 Å². The van der Waals surface area contributed by atoms with Crippen molar-refractivity contribution in [3.63, 3.8) is 0 Å². The first-order chi connectivity index (χ1) is 8.22. The molecule has 1 aromatic carbocycles. The van der Waals surface area contributed by atoms with Crippen LogP contribution in [0.3, 0.4) is 0 Å². The van der Waals surface area contributed by atoms with Gasteiger partial charge in [0.05, 0.1) is 11.2 Å². The van der Waals surface area contributed by atoms with Crippen LogP contribution in [0.4, 0.5) is 0 Å². The van der Waals surface area contributed by atoms with Gasteiger partial charge < -0.3 is 0 Å². The van der Waals surface area contributed by atoms with E-state index in [1.165, 1.54) is 10.9 Å². The van der Waals surface area contributed by atoms with Gasteiger partial charge in [-0.15, -0.1) is 0 Å². The quantitative estimate of drug-likeness (QED) is 0.487. The number of nitrogens with two attached hydrogens (primary N) is 1. The Hall–Kier alpha value is -1.85. The first-order valence-electron chi connectivity index (χ1n) is 4.97. The van der Waals surface area contributed by atoms with Gasteiger partial charge in [-0.2, -0.15) is 5.10 Å². The molecule has 88 valence electrons. The average molecular weight is 251 g/mol. The highest BCUT2D eigenvalue weighted by Gasteiger charge is 2.22. The summed E-state index contributed by atoms with van der Waals surface area (Å²) in [6.07, 6.45) is 3.05. The molecule has 0 spiro atoms. The fourth-order valence-electron chi connectivity index (χ4n) is 1.59. The van der Waals surface area contributed by atoms with Crippen LogP contribution in [0.2, 0.25) is 5.02 Å². The van der Waals surface area contributed by atoms with Crippen molar-refractivity contribution in [2.45, 2.75) is 6.04 Å². The Morgan fingerprint density at radius 3 is 2.65 bits per heavy atom. The van der Waals surface area contributed by atoms with Crippen LogP contribution in [0.1, 0.15) is 11.6 Å². The van der Waals surface area contributed by atoms with E-state index < -0.39 is 6.04 Å². The van der Waals surface area contributed by atoms with Gasteiger partial charge >= 0.3 is 0 Å². The van der Waals surface area contributed by atoms with Crippen LogP contribution in [0, 0.1) is 0 Å². The summed E-state index contributed by atoms with van der Waals surface area (Å²) in [6.45, 7) is 0. The van der Waals surface area contributed by atoms with Crippen LogP contribution in [-0.2, 0) is 4.79 Å². The molecule has 1 aromatic heterocycles. The van der Waals surface area contributed by atoms with Crippen molar-refractivity contribution < 1.29 is 4.79 Å². The zero-order valence-corrected chi connectivity index (χ0v) is 9.63. The number of hydrogen-bond donors (Lipinski definition) is 2. The van der Waals surface area contributed by atoms with E-state index in [1.54, 1.807) is 6.20 Å². The third kappa shape index (κ3) is 2.46. The maximum atomic E-state index is 11.8. The molecule has 17 heavy (non-hydrogen) atoms. The minimum atomic E-state index is -0.617. The normalized spacial score (nSPS) is 12.1. The third-order valence-corrected chi connectivity index (χ3v) is 2.54. The van der Waals surface area contributed by atoms with E-state index >= 15 is 0 Å². The van der Waals surface area contributed by atoms with Crippen molar-refractivity contribution >= 4 is 17.5 Å². The van der Waals surface area contributed by atoms with Crippen LogP contribution in [-0.4, -0.2) is 15.7 Å². The van der Waals surface area contributed by atoms with Gasteiger partial charge in [0.15, 0.2) is 6.04 Å². The summed E-state index contributed by atoms with van der Waals surface area (Å²) < 4.78 is 1.47. The molecule has 1 amide bonds. The molecular formula is C11H11ClN4O. The van der Waals surface area contributed by atoms with Crippen LogP contribution in [0.5, 0.6) is 0 Å². The number of hydrogen-bond acceptors (Lipinski definition) is 3. The number of rotatable bonds is 3. The molecule has 0 radical (unpaired) electrons. The van der Waals surface area contributed by atoms with Crippen LogP contribution in [0.15, 0.2) is 42.7 Å². The SMILES string of the molecule is NNC(=O)C(c1ccccc1)n1cc(Cl)cn1. The largest absolute Gasteiger partial charge is 0.292 e. The lowest BCUT2D eigenvalue weighted by Crippen LogP contribution is -2.37. The second-order valence-corrected chi connectivity index (χ2v) is 3.90. The Kier molecular flexibility index (Phi) is 3.41. The topological polar surface area (TPSA) is 72.9 Å². The maximum Gasteiger partial charge on any atom is 0.263 e. The molecule has 0 aliphatic carbocycles. The maximum absolute atomic E-state index is 11.8. The standard InChI is InChI=1S/C11H11ClN4O/c12-9-6-14-16(7-9)10(11(17)15-13)8-4-2-1-3-5-8/h1-7,10H,13H2,(H,15,17). The Bertz CT molecular complexity index is 511. The number of nitrogens with zero attached hydrogens (tertiary/aromatic N) is 2. The van der Waals surface area contributed by atoms with Crippen molar-refractivity contribution in [3.8, 4) is 0 Å². The molecule has 2 aromatic rings. The Morgan fingerprint density at radius 1 is 1.41 bits per heavy atom. The highest BCUT2D eigenvalue weighted by Crippen LogP contribution is 2.19. The highest BCUT2D eigenvalue weighted by atomic mass is 35.5. The molecule has 5 nitrogen and oxygen atoms in total.